The summed E-state index contributed by atoms with van der Waals surface area (Å²) in [5.74, 6) is -1.07. The van der Waals surface area contributed by atoms with Gasteiger partial charge in [0.1, 0.15) is 11.2 Å². The van der Waals surface area contributed by atoms with E-state index in [9.17, 15) is 17.6 Å². The topological polar surface area (TPSA) is 23.8 Å². The van der Waals surface area contributed by atoms with Crippen molar-refractivity contribution in [1.82, 2.24) is 0 Å². The summed E-state index contributed by atoms with van der Waals surface area (Å²) < 4.78 is 49.5. The minimum atomic E-state index is -4.65. The van der Waals surface area contributed by atoms with E-state index in [-0.39, 0.29) is 5.56 Å². The van der Waals surface area contributed by atoms with Gasteiger partial charge < -0.3 is 0 Å². The lowest BCUT2D eigenvalue weighted by atomic mass is 10.1. The third-order valence-electron chi connectivity index (χ3n) is 1.65. The first-order valence-corrected chi connectivity index (χ1v) is 4.19. The van der Waals surface area contributed by atoms with Gasteiger partial charge in [0.15, 0.2) is 0 Å². The van der Waals surface area contributed by atoms with Crippen molar-refractivity contribution in [3.05, 3.63) is 35.1 Å². The van der Waals surface area contributed by atoms with Crippen molar-refractivity contribution < 1.29 is 17.6 Å². The molecule has 0 heterocycles. The second kappa shape index (κ2) is 4.07. The number of hydrogen-bond donors (Lipinski definition) is 0. The Morgan fingerprint density at radius 1 is 1.27 bits per heavy atom. The molecule has 0 amide bonds. The number of nitriles is 1. The lowest BCUT2D eigenvalue weighted by Crippen LogP contribution is -2.06. The first kappa shape index (κ1) is 11.8. The summed E-state index contributed by atoms with van der Waals surface area (Å²) in [5, 5.41) is 7.10. The molecule has 1 rings (SSSR count). The Labute approximate surface area is 87.9 Å². The van der Waals surface area contributed by atoms with Gasteiger partial charge >= 0.3 is 6.18 Å². The maximum Gasteiger partial charge on any atom is 0.416 e. The first-order valence-electron chi connectivity index (χ1n) is 3.76. The van der Waals surface area contributed by atoms with Crippen LogP contribution in [0.2, 0.25) is 0 Å². The lowest BCUT2D eigenvalue weighted by Gasteiger charge is -2.09. The molecule has 1 aromatic carbocycles. The highest BCUT2D eigenvalue weighted by Gasteiger charge is 2.31. The van der Waals surface area contributed by atoms with E-state index in [0.717, 1.165) is 6.07 Å². The molecule has 80 valence electrons. The number of rotatable bonds is 1. The molecule has 0 aliphatic rings. The van der Waals surface area contributed by atoms with Gasteiger partial charge in [0.2, 0.25) is 0 Å². The van der Waals surface area contributed by atoms with E-state index in [2.05, 4.69) is 0 Å². The van der Waals surface area contributed by atoms with Crippen LogP contribution in [0.4, 0.5) is 17.6 Å². The molecule has 0 aliphatic carbocycles. The van der Waals surface area contributed by atoms with Crippen LogP contribution >= 0.6 is 11.6 Å². The third-order valence-corrected chi connectivity index (χ3v) is 2.00. The van der Waals surface area contributed by atoms with Crippen molar-refractivity contribution in [2.45, 2.75) is 11.6 Å². The number of benzene rings is 1. The number of hydrogen-bond acceptors (Lipinski definition) is 1. The first-order chi connectivity index (χ1) is 6.84. The molecule has 0 spiro atoms. The molecule has 1 aromatic rings. The molecule has 1 unspecified atom stereocenters. The predicted octanol–water partition coefficient (Wildman–Crippen LogP) is 3.65. The minimum absolute atomic E-state index is 0.202. The predicted molar refractivity (Wildman–Crippen MR) is 45.6 cm³/mol. The molecule has 0 radical (unpaired) electrons. The van der Waals surface area contributed by atoms with E-state index in [1.807, 2.05) is 0 Å². The maximum absolute atomic E-state index is 12.8. The average Bonchev–Trinajstić information content (AvgIpc) is 2.14. The molecule has 1 nitrogen and oxygen atoms in total. The number of alkyl halides is 4. The fourth-order valence-corrected chi connectivity index (χ4v) is 1.12. The molecule has 15 heavy (non-hydrogen) atoms. The zero-order chi connectivity index (χ0) is 11.6. The van der Waals surface area contributed by atoms with Crippen LogP contribution in [-0.4, -0.2) is 0 Å². The Morgan fingerprint density at radius 2 is 1.87 bits per heavy atom. The highest BCUT2D eigenvalue weighted by molar-refractivity contribution is 6.22. The largest absolute Gasteiger partial charge is 0.416 e. The standard InChI is InChI=1S/C9H4ClF4N/c10-8(4-15)5-1-6(9(12,13)14)3-7(11)2-5/h1-3,8H. The summed E-state index contributed by atoms with van der Waals surface area (Å²) in [6.45, 7) is 0. The summed E-state index contributed by atoms with van der Waals surface area (Å²) in [6.07, 6.45) is -4.65. The van der Waals surface area contributed by atoms with Crippen LogP contribution < -0.4 is 0 Å². The van der Waals surface area contributed by atoms with Gasteiger partial charge in [-0.2, -0.15) is 18.4 Å². The molecule has 0 N–H and O–H groups in total. The molecular weight excluding hydrogens is 234 g/mol. The van der Waals surface area contributed by atoms with Gasteiger partial charge in [0.25, 0.3) is 0 Å². The molecule has 0 saturated heterocycles. The van der Waals surface area contributed by atoms with Crippen molar-refractivity contribution in [3.63, 3.8) is 0 Å². The van der Waals surface area contributed by atoms with Crippen molar-refractivity contribution in [2.75, 3.05) is 0 Å². The van der Waals surface area contributed by atoms with E-state index in [1.54, 1.807) is 0 Å². The second-order valence-electron chi connectivity index (χ2n) is 2.76. The SMILES string of the molecule is N#CC(Cl)c1cc(F)cc(C(F)(F)F)c1. The van der Waals surface area contributed by atoms with Crippen LogP contribution in [0.15, 0.2) is 18.2 Å². The highest BCUT2D eigenvalue weighted by Crippen LogP contribution is 2.32. The molecule has 0 bridgehead atoms. The number of halogens is 5. The Bertz CT molecular complexity index is 408. The zero-order valence-electron chi connectivity index (χ0n) is 7.15. The van der Waals surface area contributed by atoms with E-state index in [1.165, 1.54) is 6.07 Å². The average molecular weight is 238 g/mol. The van der Waals surface area contributed by atoms with Crippen molar-refractivity contribution >= 4 is 11.6 Å². The normalized spacial score (nSPS) is 13.3. The molecule has 6 heteroatoms. The molecule has 1 atom stereocenters. The second-order valence-corrected chi connectivity index (χ2v) is 3.20. The molecular formula is C9H4ClF4N. The quantitative estimate of drug-likeness (QED) is 0.540. The Hall–Kier alpha value is -1.28. The lowest BCUT2D eigenvalue weighted by molar-refractivity contribution is -0.137. The van der Waals surface area contributed by atoms with Gasteiger partial charge in [-0.1, -0.05) is 0 Å². The summed E-state index contributed by atoms with van der Waals surface area (Å²) in [6, 6.07) is 3.33. The van der Waals surface area contributed by atoms with Gasteiger partial charge in [0.05, 0.1) is 11.6 Å². The van der Waals surface area contributed by atoms with Crippen LogP contribution in [0.5, 0.6) is 0 Å². The zero-order valence-corrected chi connectivity index (χ0v) is 7.90. The Kier molecular flexibility index (Phi) is 3.20. The highest BCUT2D eigenvalue weighted by atomic mass is 35.5. The van der Waals surface area contributed by atoms with Gasteiger partial charge in [0, 0.05) is 0 Å². The van der Waals surface area contributed by atoms with Crippen molar-refractivity contribution in [2.24, 2.45) is 0 Å². The Balaban J connectivity index is 3.24. The summed E-state index contributed by atoms with van der Waals surface area (Å²) in [4.78, 5) is 0. The molecule has 0 aromatic heterocycles. The number of nitrogens with zero attached hydrogens (tertiary/aromatic N) is 1. The van der Waals surface area contributed by atoms with E-state index < -0.39 is 22.9 Å². The smallest absolute Gasteiger partial charge is 0.207 e. The molecule has 0 aliphatic heterocycles. The van der Waals surface area contributed by atoms with Crippen LogP contribution in [0.3, 0.4) is 0 Å². The van der Waals surface area contributed by atoms with Crippen LogP contribution in [0, 0.1) is 17.1 Å². The van der Waals surface area contributed by atoms with E-state index in [4.69, 9.17) is 16.9 Å². The van der Waals surface area contributed by atoms with Crippen LogP contribution in [0.25, 0.3) is 0 Å². The van der Waals surface area contributed by atoms with Gasteiger partial charge in [-0.3, -0.25) is 0 Å². The summed E-state index contributed by atoms with van der Waals surface area (Å²) in [7, 11) is 0. The van der Waals surface area contributed by atoms with Crippen molar-refractivity contribution in [3.8, 4) is 6.07 Å². The monoisotopic (exact) mass is 237 g/mol. The van der Waals surface area contributed by atoms with Gasteiger partial charge in [-0.05, 0) is 23.8 Å². The summed E-state index contributed by atoms with van der Waals surface area (Å²) >= 11 is 5.39. The van der Waals surface area contributed by atoms with Gasteiger partial charge in [-0.15, -0.1) is 11.6 Å². The van der Waals surface area contributed by atoms with E-state index >= 15 is 0 Å². The fraction of sp³-hybridized carbons (Fsp3) is 0.222. The third kappa shape index (κ3) is 2.83. The van der Waals surface area contributed by atoms with Crippen LogP contribution in [0.1, 0.15) is 16.5 Å². The van der Waals surface area contributed by atoms with Crippen LogP contribution in [-0.2, 0) is 6.18 Å². The van der Waals surface area contributed by atoms with Gasteiger partial charge in [-0.25, -0.2) is 4.39 Å². The molecule has 0 fully saturated rings. The minimum Gasteiger partial charge on any atom is -0.207 e. The summed E-state index contributed by atoms with van der Waals surface area (Å²) in [5.41, 5.74) is -1.36. The molecule has 0 saturated carbocycles. The Morgan fingerprint density at radius 3 is 2.33 bits per heavy atom. The van der Waals surface area contributed by atoms with E-state index in [0.29, 0.717) is 12.1 Å². The fourth-order valence-electron chi connectivity index (χ4n) is 0.997. The maximum atomic E-state index is 12.8. The van der Waals surface area contributed by atoms with Crippen molar-refractivity contribution in [1.29, 1.82) is 5.26 Å².